The van der Waals surface area contributed by atoms with E-state index in [0.717, 1.165) is 0 Å². The van der Waals surface area contributed by atoms with Crippen molar-refractivity contribution >= 4 is 23.5 Å². The Bertz CT molecular complexity index is 1350. The molecule has 220 valence electrons. The second-order valence-electron chi connectivity index (χ2n) is 10.4. The number of nitrogens with zero attached hydrogens (tertiary/aromatic N) is 2. The summed E-state index contributed by atoms with van der Waals surface area (Å²) in [6.45, 7) is 0.0253. The van der Waals surface area contributed by atoms with Crippen molar-refractivity contribution in [1.82, 2.24) is 25.9 Å². The number of hydrogen-bond donors (Lipinski definition) is 3. The van der Waals surface area contributed by atoms with Gasteiger partial charge in [-0.25, -0.2) is 8.78 Å². The summed E-state index contributed by atoms with van der Waals surface area (Å²) in [6.07, 6.45) is 3.98. The fourth-order valence-electron chi connectivity index (χ4n) is 4.81. The smallest absolute Gasteiger partial charge is 0.289 e. The lowest BCUT2D eigenvalue weighted by atomic mass is 9.86. The highest BCUT2D eigenvalue weighted by Crippen LogP contribution is 2.36. The molecule has 3 aromatic rings. The molecule has 1 aromatic carbocycles. The Morgan fingerprint density at radius 1 is 0.833 bits per heavy atom. The molecule has 1 saturated carbocycles. The summed E-state index contributed by atoms with van der Waals surface area (Å²) in [7, 11) is 0. The maximum Gasteiger partial charge on any atom is 0.289 e. The number of hydrogen-bond acceptors (Lipinski definition) is 6. The average Bonchev–Trinajstić information content (AvgIpc) is 3.00. The maximum atomic E-state index is 13.7. The highest BCUT2D eigenvalue weighted by atomic mass is 19.3. The third kappa shape index (κ3) is 8.98. The van der Waals surface area contributed by atoms with Crippen molar-refractivity contribution < 1.29 is 28.0 Å². The van der Waals surface area contributed by atoms with Crippen LogP contribution in [0.1, 0.15) is 42.5 Å². The van der Waals surface area contributed by atoms with Crippen molar-refractivity contribution in [3.63, 3.8) is 0 Å². The van der Waals surface area contributed by atoms with Crippen molar-refractivity contribution in [2.24, 2.45) is 5.92 Å². The summed E-state index contributed by atoms with van der Waals surface area (Å²) in [5.74, 6) is -6.39. The molecule has 11 heteroatoms. The van der Waals surface area contributed by atoms with Gasteiger partial charge in [-0.1, -0.05) is 42.5 Å². The first-order valence-corrected chi connectivity index (χ1v) is 13.8. The number of pyridine rings is 2. The molecule has 1 fully saturated rings. The first-order chi connectivity index (χ1) is 20.2. The van der Waals surface area contributed by atoms with Crippen LogP contribution in [0.4, 0.5) is 8.78 Å². The van der Waals surface area contributed by atoms with Gasteiger partial charge in [-0.05, 0) is 42.2 Å². The number of halogens is 2. The zero-order valence-corrected chi connectivity index (χ0v) is 23.0. The van der Waals surface area contributed by atoms with Gasteiger partial charge < -0.3 is 16.0 Å². The minimum absolute atomic E-state index is 0.00558. The molecule has 1 aliphatic rings. The number of carbonyl (C=O) groups excluding carboxylic acids is 4. The number of nitrogens with one attached hydrogen (secondary N) is 3. The van der Waals surface area contributed by atoms with Crippen molar-refractivity contribution in [3.8, 4) is 0 Å². The fourth-order valence-corrected chi connectivity index (χ4v) is 4.81. The molecular weight excluding hydrogens is 544 g/mol. The summed E-state index contributed by atoms with van der Waals surface area (Å²) in [4.78, 5) is 61.0. The van der Waals surface area contributed by atoms with E-state index in [9.17, 15) is 28.0 Å². The minimum Gasteiger partial charge on any atom is -0.344 e. The molecule has 2 aromatic heterocycles. The number of Topliss-reactive ketones (excluding diaryl/α,β-unsaturated/α-hetero) is 1. The van der Waals surface area contributed by atoms with Crippen LogP contribution >= 0.6 is 0 Å². The molecule has 2 heterocycles. The number of amides is 3. The van der Waals surface area contributed by atoms with E-state index in [1.54, 1.807) is 79.3 Å². The number of carbonyl (C=O) groups is 4. The largest absolute Gasteiger partial charge is 0.344 e. The molecule has 0 aliphatic heterocycles. The first kappa shape index (κ1) is 30.4. The van der Waals surface area contributed by atoms with Crippen molar-refractivity contribution in [1.29, 1.82) is 0 Å². The predicted molar refractivity (Wildman–Crippen MR) is 150 cm³/mol. The van der Waals surface area contributed by atoms with Gasteiger partial charge in [0.25, 0.3) is 5.91 Å². The number of benzene rings is 1. The summed E-state index contributed by atoms with van der Waals surface area (Å²) >= 11 is 0. The van der Waals surface area contributed by atoms with E-state index in [-0.39, 0.29) is 32.2 Å². The lowest BCUT2D eigenvalue weighted by Gasteiger charge is -2.29. The Hall–Kier alpha value is -4.54. The first-order valence-electron chi connectivity index (χ1n) is 13.8. The van der Waals surface area contributed by atoms with E-state index < -0.39 is 60.3 Å². The molecule has 0 spiro atoms. The minimum atomic E-state index is -2.80. The van der Waals surface area contributed by atoms with Gasteiger partial charge in [0.05, 0.1) is 12.2 Å². The van der Waals surface area contributed by atoms with Crippen LogP contribution in [0.3, 0.4) is 0 Å². The van der Waals surface area contributed by atoms with Crippen LogP contribution < -0.4 is 16.0 Å². The molecular formula is C31H33F2N5O4. The Balaban J connectivity index is 1.50. The van der Waals surface area contributed by atoms with Crippen LogP contribution in [-0.2, 0) is 38.6 Å². The Kier molecular flexibility index (Phi) is 10.4. The van der Waals surface area contributed by atoms with E-state index in [1.807, 2.05) is 0 Å². The van der Waals surface area contributed by atoms with Gasteiger partial charge >= 0.3 is 0 Å². The normalized spacial score (nSPS) is 16.0. The van der Waals surface area contributed by atoms with Gasteiger partial charge in [0.1, 0.15) is 12.1 Å². The van der Waals surface area contributed by atoms with Gasteiger partial charge in [-0.2, -0.15) is 0 Å². The van der Waals surface area contributed by atoms with E-state index in [1.165, 1.54) is 0 Å². The molecule has 2 atom stereocenters. The van der Waals surface area contributed by atoms with Gasteiger partial charge in [-0.15, -0.1) is 0 Å². The zero-order chi connectivity index (χ0) is 30.0. The summed E-state index contributed by atoms with van der Waals surface area (Å²) in [5, 5.41) is 7.92. The Morgan fingerprint density at radius 2 is 1.52 bits per heavy atom. The topological polar surface area (TPSA) is 130 Å². The number of aromatic nitrogens is 2. The van der Waals surface area contributed by atoms with E-state index in [4.69, 9.17) is 0 Å². The van der Waals surface area contributed by atoms with E-state index >= 15 is 0 Å². The van der Waals surface area contributed by atoms with Gasteiger partial charge in [0, 0.05) is 50.2 Å². The third-order valence-electron chi connectivity index (χ3n) is 7.18. The average molecular weight is 578 g/mol. The van der Waals surface area contributed by atoms with Crippen molar-refractivity contribution in [2.75, 3.05) is 0 Å². The number of ketones is 1. The zero-order valence-electron chi connectivity index (χ0n) is 23.0. The van der Waals surface area contributed by atoms with Crippen LogP contribution in [0.2, 0.25) is 0 Å². The van der Waals surface area contributed by atoms with Crippen LogP contribution in [0, 0.1) is 5.92 Å². The lowest BCUT2D eigenvalue weighted by Crippen LogP contribution is -2.56. The molecule has 42 heavy (non-hydrogen) atoms. The molecule has 0 radical (unpaired) electrons. The van der Waals surface area contributed by atoms with Gasteiger partial charge in [0.15, 0.2) is 0 Å². The van der Waals surface area contributed by atoms with E-state index in [0.29, 0.717) is 16.8 Å². The second-order valence-corrected chi connectivity index (χ2v) is 10.4. The number of alkyl halides is 2. The standard InChI is InChI=1S/C31H33F2N5O4/c32-31(33)13-11-23(12-14-31)28(40)38-26(18-22-9-6-15-34-19-22)29(41)37-25(17-21-7-2-1-3-8-21)27(39)30(42)36-20-24-10-4-5-16-35-24/h1-10,15-16,19,23,25-26H,11-14,17-18,20H2,(H,36,42)(H,37,41)(H,38,40)/t25-,26-/m1/s1. The van der Waals surface area contributed by atoms with E-state index in [2.05, 4.69) is 25.9 Å². The molecule has 3 amide bonds. The lowest BCUT2D eigenvalue weighted by molar-refractivity contribution is -0.140. The molecule has 4 rings (SSSR count). The highest BCUT2D eigenvalue weighted by molar-refractivity contribution is 6.38. The Labute approximate surface area is 242 Å². The van der Waals surface area contributed by atoms with Crippen LogP contribution in [0.5, 0.6) is 0 Å². The van der Waals surface area contributed by atoms with Gasteiger partial charge in [0.2, 0.25) is 23.5 Å². The van der Waals surface area contributed by atoms with Crippen LogP contribution in [-0.4, -0.2) is 51.5 Å². The van der Waals surface area contributed by atoms with Crippen LogP contribution in [0.25, 0.3) is 0 Å². The van der Waals surface area contributed by atoms with Gasteiger partial charge in [-0.3, -0.25) is 29.1 Å². The summed E-state index contributed by atoms with van der Waals surface area (Å²) in [5.41, 5.74) is 1.92. The molecule has 0 saturated heterocycles. The monoisotopic (exact) mass is 577 g/mol. The molecule has 9 nitrogen and oxygen atoms in total. The van der Waals surface area contributed by atoms with Crippen molar-refractivity contribution in [2.45, 2.75) is 63.1 Å². The van der Waals surface area contributed by atoms with Crippen LogP contribution in [0.15, 0.2) is 79.3 Å². The summed E-state index contributed by atoms with van der Waals surface area (Å²) < 4.78 is 27.3. The predicted octanol–water partition coefficient (Wildman–Crippen LogP) is 2.94. The van der Waals surface area contributed by atoms with Crippen molar-refractivity contribution in [3.05, 3.63) is 96.1 Å². The maximum absolute atomic E-state index is 13.7. The highest BCUT2D eigenvalue weighted by Gasteiger charge is 2.38. The SMILES string of the molecule is O=C(NCc1ccccn1)C(=O)[C@@H](Cc1ccccc1)NC(=O)[C@@H](Cc1cccnc1)NC(=O)C1CCC(F)(F)CC1. The molecule has 3 N–H and O–H groups in total. The molecule has 0 unspecified atom stereocenters. The fraction of sp³-hybridized carbons (Fsp3) is 0.355. The molecule has 1 aliphatic carbocycles. The Morgan fingerprint density at radius 3 is 2.19 bits per heavy atom. The number of rotatable bonds is 12. The second kappa shape index (κ2) is 14.4. The quantitative estimate of drug-likeness (QED) is 0.284. The summed E-state index contributed by atoms with van der Waals surface area (Å²) in [6, 6.07) is 15.1. The molecule has 0 bridgehead atoms. The third-order valence-corrected chi connectivity index (χ3v) is 7.18.